The van der Waals surface area contributed by atoms with Gasteiger partial charge in [0.1, 0.15) is 12.4 Å². The maximum atomic E-state index is 12.1. The minimum absolute atomic E-state index is 0.0925. The van der Waals surface area contributed by atoms with Crippen LogP contribution in [0.4, 0.5) is 0 Å². The van der Waals surface area contributed by atoms with Crippen LogP contribution in [-0.4, -0.2) is 36.8 Å². The van der Waals surface area contributed by atoms with E-state index in [1.54, 1.807) is 11.3 Å². The molecule has 3 rings (SSSR count). The van der Waals surface area contributed by atoms with Crippen LogP contribution in [-0.2, 0) is 24.4 Å². The highest BCUT2D eigenvalue weighted by atomic mass is 32.1. The zero-order chi connectivity index (χ0) is 17.1. The summed E-state index contributed by atoms with van der Waals surface area (Å²) in [6.45, 7) is 4.65. The molecule has 1 aliphatic rings. The Balaban J connectivity index is 1.46. The minimum Gasteiger partial charge on any atom is -0.388 e. The third kappa shape index (κ3) is 3.49. The molecule has 1 amide bonds. The van der Waals surface area contributed by atoms with Crippen LogP contribution in [0.25, 0.3) is 0 Å². The van der Waals surface area contributed by atoms with Gasteiger partial charge >= 0.3 is 0 Å². The molecule has 2 aromatic rings. The van der Waals surface area contributed by atoms with Crippen LogP contribution in [0.15, 0.2) is 5.51 Å². The molecular weight excluding hydrogens is 326 g/mol. The van der Waals surface area contributed by atoms with Crippen LogP contribution >= 0.6 is 11.3 Å². The Bertz CT molecular complexity index is 705. The van der Waals surface area contributed by atoms with Crippen LogP contribution in [0, 0.1) is 6.92 Å². The van der Waals surface area contributed by atoms with E-state index in [0.717, 1.165) is 37.3 Å². The number of hydrogen-bond acceptors (Lipinski definition) is 6. The lowest BCUT2D eigenvalue weighted by Gasteiger charge is -2.35. The molecule has 0 saturated heterocycles. The number of amides is 1. The first-order valence-corrected chi connectivity index (χ1v) is 9.21. The average molecular weight is 349 g/mol. The Hall–Kier alpha value is -1.80. The van der Waals surface area contributed by atoms with E-state index in [0.29, 0.717) is 18.2 Å². The number of rotatable bonds is 7. The minimum atomic E-state index is -0.0925. The Kier molecular flexibility index (Phi) is 5.25. The van der Waals surface area contributed by atoms with E-state index in [4.69, 9.17) is 0 Å². The molecule has 1 aliphatic carbocycles. The first kappa shape index (κ1) is 17.0. The van der Waals surface area contributed by atoms with Gasteiger partial charge in [-0.1, -0.05) is 0 Å². The first-order valence-electron chi connectivity index (χ1n) is 8.33. The van der Waals surface area contributed by atoms with Crippen molar-refractivity contribution in [2.45, 2.75) is 64.6 Å². The fraction of sp³-hybridized carbons (Fsp3) is 0.625. The van der Waals surface area contributed by atoms with Crippen LogP contribution < -0.4 is 5.32 Å². The van der Waals surface area contributed by atoms with Gasteiger partial charge in [0.15, 0.2) is 5.82 Å². The number of aliphatic hydroxyl groups excluding tert-OH is 1. The summed E-state index contributed by atoms with van der Waals surface area (Å²) in [5.74, 6) is 1.94. The maximum Gasteiger partial charge on any atom is 0.220 e. The van der Waals surface area contributed by atoms with Crippen molar-refractivity contribution in [3.8, 4) is 0 Å². The van der Waals surface area contributed by atoms with Crippen molar-refractivity contribution in [1.29, 1.82) is 0 Å². The number of carbonyl (C=O) groups excluding carboxylic acids is 1. The lowest BCUT2D eigenvalue weighted by molar-refractivity contribution is -0.122. The number of nitrogens with zero attached hydrogens (tertiary/aromatic N) is 4. The third-order valence-electron chi connectivity index (χ3n) is 4.61. The van der Waals surface area contributed by atoms with Gasteiger partial charge in [-0.05, 0) is 33.1 Å². The lowest BCUT2D eigenvalue weighted by atomic mass is 9.79. The lowest BCUT2D eigenvalue weighted by Crippen LogP contribution is -2.44. The second-order valence-corrected chi connectivity index (χ2v) is 7.11. The number of thiazole rings is 1. The smallest absolute Gasteiger partial charge is 0.220 e. The normalized spacial score (nSPS) is 20.0. The monoisotopic (exact) mass is 349 g/mol. The van der Waals surface area contributed by atoms with Gasteiger partial charge < -0.3 is 15.0 Å². The topological polar surface area (TPSA) is 92.9 Å². The molecule has 2 heterocycles. The number of nitrogens with one attached hydrogen (secondary N) is 1. The van der Waals surface area contributed by atoms with Crippen LogP contribution in [0.2, 0.25) is 0 Å². The summed E-state index contributed by atoms with van der Waals surface area (Å²) in [5, 5.41) is 20.6. The summed E-state index contributed by atoms with van der Waals surface area (Å²) in [6, 6.07) is 0.213. The van der Waals surface area contributed by atoms with Gasteiger partial charge in [-0.15, -0.1) is 21.5 Å². The highest BCUT2D eigenvalue weighted by molar-refractivity contribution is 7.09. The van der Waals surface area contributed by atoms with Crippen molar-refractivity contribution in [3.05, 3.63) is 27.7 Å². The molecule has 0 aromatic carbocycles. The highest BCUT2D eigenvalue weighted by Crippen LogP contribution is 2.36. The molecule has 2 N–H and O–H groups in total. The molecule has 0 radical (unpaired) electrons. The maximum absolute atomic E-state index is 12.1. The van der Waals surface area contributed by atoms with Gasteiger partial charge in [0.25, 0.3) is 0 Å². The van der Waals surface area contributed by atoms with Crippen molar-refractivity contribution in [2.75, 3.05) is 0 Å². The molecule has 2 aromatic heterocycles. The SMILES string of the molecule is CCn1c(CO)nnc1C1CC(NC(=O)CCc2scnc2C)C1. The van der Waals surface area contributed by atoms with Gasteiger partial charge in [0, 0.05) is 29.8 Å². The number of carbonyl (C=O) groups is 1. The van der Waals surface area contributed by atoms with Crippen molar-refractivity contribution in [3.63, 3.8) is 0 Å². The Morgan fingerprint density at radius 1 is 1.46 bits per heavy atom. The Labute approximate surface area is 145 Å². The largest absolute Gasteiger partial charge is 0.388 e. The van der Waals surface area contributed by atoms with Gasteiger partial charge in [0.05, 0.1) is 11.2 Å². The molecule has 1 fully saturated rings. The third-order valence-corrected chi connectivity index (χ3v) is 5.60. The van der Waals surface area contributed by atoms with Gasteiger partial charge in [-0.2, -0.15) is 0 Å². The van der Waals surface area contributed by atoms with E-state index >= 15 is 0 Å². The van der Waals surface area contributed by atoms with E-state index in [-0.39, 0.29) is 18.6 Å². The summed E-state index contributed by atoms with van der Waals surface area (Å²) >= 11 is 1.61. The summed E-state index contributed by atoms with van der Waals surface area (Å²) in [4.78, 5) is 17.5. The van der Waals surface area contributed by atoms with Crippen LogP contribution in [0.3, 0.4) is 0 Å². The summed E-state index contributed by atoms with van der Waals surface area (Å²) < 4.78 is 1.97. The van der Waals surface area contributed by atoms with Gasteiger partial charge in [-0.3, -0.25) is 4.79 Å². The number of aliphatic hydroxyl groups is 1. The molecule has 0 bridgehead atoms. The van der Waals surface area contributed by atoms with Crippen molar-refractivity contribution in [2.24, 2.45) is 0 Å². The van der Waals surface area contributed by atoms with E-state index in [2.05, 4.69) is 20.5 Å². The summed E-state index contributed by atoms with van der Waals surface area (Å²) in [7, 11) is 0. The highest BCUT2D eigenvalue weighted by Gasteiger charge is 2.35. The molecule has 7 nitrogen and oxygen atoms in total. The quantitative estimate of drug-likeness (QED) is 0.791. The van der Waals surface area contributed by atoms with Crippen molar-refractivity contribution in [1.82, 2.24) is 25.1 Å². The van der Waals surface area contributed by atoms with E-state index in [9.17, 15) is 9.90 Å². The molecular formula is C16H23N5O2S. The number of hydrogen-bond donors (Lipinski definition) is 2. The van der Waals surface area contributed by atoms with Gasteiger partial charge in [0.2, 0.25) is 5.91 Å². The predicted octanol–water partition coefficient (Wildman–Crippen LogP) is 1.55. The Morgan fingerprint density at radius 2 is 2.25 bits per heavy atom. The zero-order valence-electron chi connectivity index (χ0n) is 14.0. The van der Waals surface area contributed by atoms with Crippen LogP contribution in [0.1, 0.15) is 54.3 Å². The second-order valence-electron chi connectivity index (χ2n) is 6.17. The zero-order valence-corrected chi connectivity index (χ0v) is 14.8. The molecule has 24 heavy (non-hydrogen) atoms. The summed E-state index contributed by atoms with van der Waals surface area (Å²) in [6.07, 6.45) is 3.02. The van der Waals surface area contributed by atoms with Crippen LogP contribution in [0.5, 0.6) is 0 Å². The molecule has 130 valence electrons. The molecule has 0 spiro atoms. The van der Waals surface area contributed by atoms with E-state index in [1.807, 2.05) is 23.9 Å². The second kappa shape index (κ2) is 7.40. The predicted molar refractivity (Wildman–Crippen MR) is 90.7 cm³/mol. The molecule has 0 unspecified atom stereocenters. The number of aromatic nitrogens is 4. The average Bonchev–Trinajstić information content (AvgIpc) is 3.13. The van der Waals surface area contributed by atoms with E-state index in [1.165, 1.54) is 4.88 Å². The fourth-order valence-corrected chi connectivity index (χ4v) is 3.93. The van der Waals surface area contributed by atoms with Crippen molar-refractivity contribution >= 4 is 17.2 Å². The van der Waals surface area contributed by atoms with Gasteiger partial charge in [-0.25, -0.2) is 4.98 Å². The summed E-state index contributed by atoms with van der Waals surface area (Å²) in [5.41, 5.74) is 2.85. The first-order chi connectivity index (χ1) is 11.6. The van der Waals surface area contributed by atoms with Crippen molar-refractivity contribution < 1.29 is 9.90 Å². The molecule has 1 saturated carbocycles. The molecule has 0 atom stereocenters. The Morgan fingerprint density at radius 3 is 2.88 bits per heavy atom. The molecule has 0 aliphatic heterocycles. The standard InChI is InChI=1S/C16H23N5O2S/c1-3-21-14(8-22)19-20-16(21)11-6-12(7-11)18-15(23)5-4-13-10(2)17-9-24-13/h9,11-12,22H,3-8H2,1-2H3,(H,18,23). The number of aryl methyl sites for hydroxylation is 2. The fourth-order valence-electron chi connectivity index (χ4n) is 3.15. The van der Waals surface area contributed by atoms with E-state index < -0.39 is 0 Å². The molecule has 8 heteroatoms.